The van der Waals surface area contributed by atoms with Crippen molar-refractivity contribution >= 4 is 28.4 Å². The summed E-state index contributed by atoms with van der Waals surface area (Å²) in [5, 5.41) is 10.2. The van der Waals surface area contributed by atoms with Gasteiger partial charge in [0.25, 0.3) is 5.56 Å². The summed E-state index contributed by atoms with van der Waals surface area (Å²) in [7, 11) is 1.66. The number of hydrogen-bond acceptors (Lipinski definition) is 6. The van der Waals surface area contributed by atoms with E-state index < -0.39 is 0 Å². The lowest BCUT2D eigenvalue weighted by Crippen LogP contribution is -2.24. The summed E-state index contributed by atoms with van der Waals surface area (Å²) in [6.07, 6.45) is 0.737. The number of nitrogens with zero attached hydrogens (tertiary/aromatic N) is 4. The van der Waals surface area contributed by atoms with E-state index in [1.54, 1.807) is 23.4 Å². The Bertz CT molecular complexity index is 1220. The molecular weight excluding hydrogens is 400 g/mol. The molecular formula is C22H24N4O3S. The Balaban J connectivity index is 1.72. The summed E-state index contributed by atoms with van der Waals surface area (Å²) in [5.41, 5.74) is 1.90. The smallest absolute Gasteiger partial charge is 0.262 e. The molecule has 0 radical (unpaired) electrons. The molecule has 8 heteroatoms. The van der Waals surface area contributed by atoms with Gasteiger partial charge in [0.1, 0.15) is 5.75 Å². The van der Waals surface area contributed by atoms with Gasteiger partial charge < -0.3 is 9.47 Å². The Kier molecular flexibility index (Phi) is 6.35. The molecule has 0 atom stereocenters. The highest BCUT2D eigenvalue weighted by Gasteiger charge is 2.16. The summed E-state index contributed by atoms with van der Waals surface area (Å²) in [5.74, 6) is 2.10. The minimum atomic E-state index is -0.0497. The second kappa shape index (κ2) is 9.32. The lowest BCUT2D eigenvalue weighted by molar-refractivity contribution is 0.141. The number of aryl methyl sites for hydroxylation is 1. The van der Waals surface area contributed by atoms with Crippen LogP contribution in [0.5, 0.6) is 5.75 Å². The first-order valence-electron chi connectivity index (χ1n) is 9.93. The molecule has 156 valence electrons. The van der Waals surface area contributed by atoms with Gasteiger partial charge >= 0.3 is 0 Å². The van der Waals surface area contributed by atoms with Gasteiger partial charge in [-0.2, -0.15) is 0 Å². The summed E-state index contributed by atoms with van der Waals surface area (Å²) >= 11 is 1.58. The van der Waals surface area contributed by atoms with Crippen molar-refractivity contribution < 1.29 is 9.47 Å². The number of fused-ring (bicyclic) bond motifs is 3. The molecule has 0 unspecified atom stereocenters. The predicted octanol–water partition coefficient (Wildman–Crippen LogP) is 3.77. The maximum Gasteiger partial charge on any atom is 0.262 e. The van der Waals surface area contributed by atoms with Crippen molar-refractivity contribution in [2.75, 3.05) is 20.3 Å². The molecule has 2 aromatic heterocycles. The zero-order valence-electron chi connectivity index (χ0n) is 17.1. The Labute approximate surface area is 178 Å². The van der Waals surface area contributed by atoms with Crippen molar-refractivity contribution in [3.05, 3.63) is 64.4 Å². The van der Waals surface area contributed by atoms with Crippen LogP contribution in [0.15, 0.2) is 58.5 Å². The number of thioether (sulfide) groups is 1. The molecule has 4 rings (SSSR count). The molecule has 0 fully saturated rings. The van der Waals surface area contributed by atoms with Gasteiger partial charge in [-0.15, -0.1) is 10.2 Å². The maximum atomic E-state index is 13.1. The highest BCUT2D eigenvalue weighted by molar-refractivity contribution is 7.98. The molecule has 7 nitrogen and oxygen atoms in total. The monoisotopic (exact) mass is 424 g/mol. The van der Waals surface area contributed by atoms with Crippen LogP contribution < -0.4 is 10.3 Å². The van der Waals surface area contributed by atoms with Crippen molar-refractivity contribution in [1.29, 1.82) is 0 Å². The third-order valence-corrected chi connectivity index (χ3v) is 5.85. The number of benzene rings is 2. The standard InChI is InChI=1S/C22H24N4O3S/c1-3-29-13-7-12-25-20(27)18-10-4-5-11-19(18)26-21(25)23-24-22(26)30-15-16-8-6-9-17(14-16)28-2/h4-6,8-11,14H,3,7,12-13,15H2,1-2H3. The van der Waals surface area contributed by atoms with E-state index in [1.807, 2.05) is 53.8 Å². The topological polar surface area (TPSA) is 70.7 Å². The van der Waals surface area contributed by atoms with Crippen molar-refractivity contribution in [3.8, 4) is 5.75 Å². The molecule has 0 aliphatic carbocycles. The van der Waals surface area contributed by atoms with Crippen molar-refractivity contribution in [2.24, 2.45) is 0 Å². The number of aromatic nitrogens is 4. The molecule has 30 heavy (non-hydrogen) atoms. The number of ether oxygens (including phenoxy) is 2. The van der Waals surface area contributed by atoms with E-state index in [9.17, 15) is 4.79 Å². The van der Waals surface area contributed by atoms with Gasteiger partial charge in [-0.05, 0) is 43.2 Å². The van der Waals surface area contributed by atoms with Gasteiger partial charge in [-0.25, -0.2) is 0 Å². The molecule has 2 aromatic carbocycles. The fraction of sp³-hybridized carbons (Fsp3) is 0.318. The third-order valence-electron chi connectivity index (χ3n) is 4.85. The van der Waals surface area contributed by atoms with E-state index in [1.165, 1.54) is 0 Å². The lowest BCUT2D eigenvalue weighted by Gasteiger charge is -2.11. The molecule has 0 aliphatic heterocycles. The van der Waals surface area contributed by atoms with Crippen LogP contribution in [0, 0.1) is 0 Å². The molecule has 4 aromatic rings. The highest BCUT2D eigenvalue weighted by atomic mass is 32.2. The van der Waals surface area contributed by atoms with Crippen LogP contribution >= 0.6 is 11.8 Å². The quantitative estimate of drug-likeness (QED) is 0.301. The van der Waals surface area contributed by atoms with E-state index in [0.717, 1.165) is 34.2 Å². The van der Waals surface area contributed by atoms with E-state index in [2.05, 4.69) is 16.3 Å². The second-order valence-electron chi connectivity index (χ2n) is 6.78. The summed E-state index contributed by atoms with van der Waals surface area (Å²) in [4.78, 5) is 13.1. The number of rotatable bonds is 9. The number of hydrogen-bond donors (Lipinski definition) is 0. The SMILES string of the molecule is CCOCCCn1c(=O)c2ccccc2n2c(SCc3cccc(OC)c3)nnc12. The van der Waals surface area contributed by atoms with Crippen LogP contribution in [0.1, 0.15) is 18.9 Å². The second-order valence-corrected chi connectivity index (χ2v) is 7.73. The van der Waals surface area contributed by atoms with Crippen LogP contribution in [0.3, 0.4) is 0 Å². The Morgan fingerprint density at radius 2 is 1.97 bits per heavy atom. The van der Waals surface area contributed by atoms with Gasteiger partial charge in [0.15, 0.2) is 5.16 Å². The molecule has 0 saturated heterocycles. The van der Waals surface area contributed by atoms with Crippen molar-refractivity contribution in [3.63, 3.8) is 0 Å². The third kappa shape index (κ3) is 4.06. The first-order chi connectivity index (χ1) is 14.7. The Morgan fingerprint density at radius 1 is 1.10 bits per heavy atom. The number of methoxy groups -OCH3 is 1. The van der Waals surface area contributed by atoms with Gasteiger partial charge in [-0.1, -0.05) is 36.0 Å². The number of para-hydroxylation sites is 1. The molecule has 0 saturated carbocycles. The Hall–Kier alpha value is -2.84. The average molecular weight is 425 g/mol. The molecule has 0 bridgehead atoms. The van der Waals surface area contributed by atoms with Crippen molar-refractivity contribution in [1.82, 2.24) is 19.2 Å². The molecule has 0 N–H and O–H groups in total. The Morgan fingerprint density at radius 3 is 2.80 bits per heavy atom. The average Bonchev–Trinajstić information content (AvgIpc) is 3.21. The largest absolute Gasteiger partial charge is 0.497 e. The van der Waals surface area contributed by atoms with Gasteiger partial charge in [0.2, 0.25) is 5.78 Å². The van der Waals surface area contributed by atoms with Crippen LogP contribution in [0.25, 0.3) is 16.7 Å². The van der Waals surface area contributed by atoms with Gasteiger partial charge in [-0.3, -0.25) is 13.8 Å². The molecule has 2 heterocycles. The van der Waals surface area contributed by atoms with E-state index in [0.29, 0.717) is 30.9 Å². The first kappa shape index (κ1) is 20.4. The molecule has 0 spiro atoms. The molecule has 0 aliphatic rings. The molecule has 0 amide bonds. The van der Waals surface area contributed by atoms with Crippen LogP contribution in [0.2, 0.25) is 0 Å². The minimum Gasteiger partial charge on any atom is -0.497 e. The van der Waals surface area contributed by atoms with Crippen LogP contribution in [-0.4, -0.2) is 39.5 Å². The van der Waals surface area contributed by atoms with Gasteiger partial charge in [0.05, 0.1) is 18.0 Å². The highest BCUT2D eigenvalue weighted by Crippen LogP contribution is 2.26. The van der Waals surface area contributed by atoms with E-state index >= 15 is 0 Å². The maximum absolute atomic E-state index is 13.1. The normalized spacial score (nSPS) is 11.4. The summed E-state index contributed by atoms with van der Waals surface area (Å²) in [6.45, 7) is 3.77. The minimum absolute atomic E-state index is 0.0497. The fourth-order valence-corrected chi connectivity index (χ4v) is 4.29. The zero-order valence-corrected chi connectivity index (χ0v) is 17.9. The van der Waals surface area contributed by atoms with Crippen LogP contribution in [0.4, 0.5) is 0 Å². The summed E-state index contributed by atoms with van der Waals surface area (Å²) in [6, 6.07) is 15.6. The van der Waals surface area contributed by atoms with Crippen molar-refractivity contribution in [2.45, 2.75) is 30.8 Å². The lowest BCUT2D eigenvalue weighted by atomic mass is 10.2. The fourth-order valence-electron chi connectivity index (χ4n) is 3.41. The van der Waals surface area contributed by atoms with E-state index in [4.69, 9.17) is 9.47 Å². The first-order valence-corrected chi connectivity index (χ1v) is 10.9. The summed E-state index contributed by atoms with van der Waals surface area (Å²) < 4.78 is 14.4. The van der Waals surface area contributed by atoms with Gasteiger partial charge in [0, 0.05) is 25.5 Å². The predicted molar refractivity (Wildman–Crippen MR) is 118 cm³/mol. The zero-order chi connectivity index (χ0) is 20.9. The van der Waals surface area contributed by atoms with E-state index in [-0.39, 0.29) is 5.56 Å². The van der Waals surface area contributed by atoms with Crippen LogP contribution in [-0.2, 0) is 17.0 Å².